The number of urea groups is 1. The molecular formula is C23H29ClN6O2. The molecule has 2 amide bonds. The van der Waals surface area contributed by atoms with Gasteiger partial charge >= 0.3 is 6.03 Å². The lowest BCUT2D eigenvalue weighted by Crippen LogP contribution is -2.52. The van der Waals surface area contributed by atoms with Gasteiger partial charge < -0.3 is 19.9 Å². The zero-order valence-corrected chi connectivity index (χ0v) is 19.6. The first-order valence-corrected chi connectivity index (χ1v) is 11.1. The van der Waals surface area contributed by atoms with Crippen molar-refractivity contribution < 1.29 is 9.53 Å². The summed E-state index contributed by atoms with van der Waals surface area (Å²) in [5.41, 5.74) is 1.80. The summed E-state index contributed by atoms with van der Waals surface area (Å²) in [4.78, 5) is 20.7. The second kappa shape index (κ2) is 9.24. The Morgan fingerprint density at radius 1 is 1.25 bits per heavy atom. The van der Waals surface area contributed by atoms with Crippen LogP contribution in [-0.2, 0) is 6.54 Å². The molecule has 2 aromatic heterocycles. The predicted octanol–water partition coefficient (Wildman–Crippen LogP) is 4.09. The van der Waals surface area contributed by atoms with E-state index in [4.69, 9.17) is 21.4 Å². The Hall–Kier alpha value is -3.00. The van der Waals surface area contributed by atoms with Crippen molar-refractivity contribution in [1.82, 2.24) is 24.6 Å². The molecule has 3 heterocycles. The highest BCUT2D eigenvalue weighted by atomic mass is 35.5. The maximum absolute atomic E-state index is 12.6. The molecule has 1 saturated heterocycles. The highest BCUT2D eigenvalue weighted by Crippen LogP contribution is 2.31. The monoisotopic (exact) mass is 456 g/mol. The van der Waals surface area contributed by atoms with Crippen LogP contribution in [0, 0.1) is 0 Å². The summed E-state index contributed by atoms with van der Waals surface area (Å²) in [5, 5.41) is 9.76. The number of carbonyl (C=O) groups excluding carboxylic acids is 1. The van der Waals surface area contributed by atoms with E-state index >= 15 is 0 Å². The minimum atomic E-state index is 0.0265. The first-order valence-electron chi connectivity index (χ1n) is 10.8. The number of methoxy groups -OCH3 is 1. The highest BCUT2D eigenvalue weighted by Gasteiger charge is 2.31. The van der Waals surface area contributed by atoms with Gasteiger partial charge in [0.25, 0.3) is 0 Å². The van der Waals surface area contributed by atoms with Crippen LogP contribution < -0.4 is 10.1 Å². The third kappa shape index (κ3) is 4.46. The van der Waals surface area contributed by atoms with Crippen molar-refractivity contribution in [1.29, 1.82) is 0 Å². The van der Waals surface area contributed by atoms with E-state index < -0.39 is 0 Å². The Morgan fingerprint density at radius 3 is 2.69 bits per heavy atom. The van der Waals surface area contributed by atoms with Crippen molar-refractivity contribution in [3.05, 3.63) is 47.1 Å². The van der Waals surface area contributed by atoms with E-state index in [-0.39, 0.29) is 18.1 Å². The van der Waals surface area contributed by atoms with Gasteiger partial charge in [-0.05, 0) is 43.5 Å². The van der Waals surface area contributed by atoms with Gasteiger partial charge in [-0.1, -0.05) is 23.7 Å². The number of aromatic nitrogens is 3. The van der Waals surface area contributed by atoms with Crippen LogP contribution >= 0.6 is 11.6 Å². The molecule has 0 saturated carbocycles. The number of amides is 2. The molecule has 0 spiro atoms. The van der Waals surface area contributed by atoms with Crippen LogP contribution in [0.15, 0.2) is 36.5 Å². The lowest BCUT2D eigenvalue weighted by Gasteiger charge is -2.39. The normalized spacial score (nSPS) is 18.6. The van der Waals surface area contributed by atoms with E-state index in [0.29, 0.717) is 23.9 Å². The molecule has 1 aliphatic heterocycles. The topological polar surface area (TPSA) is 75.5 Å². The SMILES string of the molecule is COc1ccc(Cn2nc(N[C@@H]3CC[C@H](C)N(C(=O)N(C)C)C3)c3c(Cl)ccnc32)cc1. The summed E-state index contributed by atoms with van der Waals surface area (Å²) in [7, 11) is 5.22. The number of benzene rings is 1. The molecule has 4 rings (SSSR count). The summed E-state index contributed by atoms with van der Waals surface area (Å²) in [5.74, 6) is 1.51. The molecular weight excluding hydrogens is 428 g/mol. The molecule has 1 aromatic carbocycles. The zero-order valence-electron chi connectivity index (χ0n) is 18.9. The number of fused-ring (bicyclic) bond motifs is 1. The molecule has 8 nitrogen and oxygen atoms in total. The van der Waals surface area contributed by atoms with Crippen molar-refractivity contribution in [3.8, 4) is 5.75 Å². The fourth-order valence-electron chi connectivity index (χ4n) is 4.12. The van der Waals surface area contributed by atoms with Crippen molar-refractivity contribution in [2.45, 2.75) is 38.4 Å². The molecule has 1 N–H and O–H groups in total. The Morgan fingerprint density at radius 2 is 2.00 bits per heavy atom. The largest absolute Gasteiger partial charge is 0.497 e. The second-order valence-corrected chi connectivity index (χ2v) is 8.85. The number of anilines is 1. The Bertz CT molecular complexity index is 1100. The summed E-state index contributed by atoms with van der Waals surface area (Å²) in [6.07, 6.45) is 3.57. The van der Waals surface area contributed by atoms with Gasteiger partial charge in [0.15, 0.2) is 11.5 Å². The molecule has 0 unspecified atom stereocenters. The second-order valence-electron chi connectivity index (χ2n) is 8.44. The average molecular weight is 457 g/mol. The smallest absolute Gasteiger partial charge is 0.319 e. The summed E-state index contributed by atoms with van der Waals surface area (Å²) in [6.45, 7) is 3.27. The molecule has 1 fully saturated rings. The number of nitrogens with one attached hydrogen (secondary N) is 1. The summed E-state index contributed by atoms with van der Waals surface area (Å²) >= 11 is 6.56. The number of pyridine rings is 1. The Kier molecular flexibility index (Phi) is 6.41. The van der Waals surface area contributed by atoms with Gasteiger partial charge in [0.1, 0.15) is 5.75 Å². The van der Waals surface area contributed by atoms with Crippen LogP contribution in [0.5, 0.6) is 5.75 Å². The first kappa shape index (κ1) is 22.2. The van der Waals surface area contributed by atoms with Gasteiger partial charge in [0.05, 0.1) is 24.1 Å². The van der Waals surface area contributed by atoms with Gasteiger partial charge in [-0.15, -0.1) is 0 Å². The van der Waals surface area contributed by atoms with E-state index in [9.17, 15) is 4.79 Å². The predicted molar refractivity (Wildman–Crippen MR) is 127 cm³/mol. The van der Waals surface area contributed by atoms with E-state index in [2.05, 4.69) is 17.2 Å². The number of rotatable bonds is 5. The van der Waals surface area contributed by atoms with Crippen molar-refractivity contribution in [3.63, 3.8) is 0 Å². The van der Waals surface area contributed by atoms with E-state index in [0.717, 1.165) is 35.2 Å². The van der Waals surface area contributed by atoms with E-state index in [1.54, 1.807) is 38.4 Å². The number of piperidine rings is 1. The lowest BCUT2D eigenvalue weighted by molar-refractivity contribution is 0.130. The van der Waals surface area contributed by atoms with Crippen molar-refractivity contribution in [2.24, 2.45) is 0 Å². The number of ether oxygens (including phenoxy) is 1. The molecule has 3 aromatic rings. The number of halogens is 1. The third-order valence-electron chi connectivity index (χ3n) is 5.92. The molecule has 170 valence electrons. The van der Waals surface area contributed by atoms with Crippen LogP contribution in [0.25, 0.3) is 11.0 Å². The van der Waals surface area contributed by atoms with E-state index in [1.165, 1.54) is 0 Å². The van der Waals surface area contributed by atoms with Gasteiger partial charge in [0, 0.05) is 38.9 Å². The van der Waals surface area contributed by atoms with Crippen LogP contribution in [0.1, 0.15) is 25.3 Å². The number of likely N-dealkylation sites (tertiary alicyclic amines) is 1. The van der Waals surface area contributed by atoms with Crippen LogP contribution in [0.2, 0.25) is 5.02 Å². The average Bonchev–Trinajstić information content (AvgIpc) is 3.13. The Balaban J connectivity index is 1.60. The number of hydrogen-bond acceptors (Lipinski definition) is 5. The third-order valence-corrected chi connectivity index (χ3v) is 6.24. The minimum Gasteiger partial charge on any atom is -0.497 e. The van der Waals surface area contributed by atoms with Crippen molar-refractivity contribution in [2.75, 3.05) is 33.1 Å². The maximum atomic E-state index is 12.6. The molecule has 2 atom stereocenters. The molecule has 0 aliphatic carbocycles. The van der Waals surface area contributed by atoms with Gasteiger partial charge in [-0.25, -0.2) is 14.5 Å². The zero-order chi connectivity index (χ0) is 22.8. The molecule has 32 heavy (non-hydrogen) atoms. The van der Waals surface area contributed by atoms with E-state index in [1.807, 2.05) is 33.8 Å². The fraction of sp³-hybridized carbons (Fsp3) is 0.435. The standard InChI is InChI=1S/C23H29ClN6O2/c1-15-5-8-17(14-29(15)23(31)28(2)3)26-21-20-19(24)11-12-25-22(20)30(27-21)13-16-6-9-18(32-4)10-7-16/h6-7,9-12,15,17H,5,8,13-14H2,1-4H3,(H,26,27)/t15-,17+/m0/s1. The van der Waals surface area contributed by atoms with Crippen LogP contribution in [-0.4, -0.2) is 70.4 Å². The van der Waals surface area contributed by atoms with Gasteiger partial charge in [0.2, 0.25) is 0 Å². The molecule has 9 heteroatoms. The highest BCUT2D eigenvalue weighted by molar-refractivity contribution is 6.36. The number of carbonyl (C=O) groups is 1. The lowest BCUT2D eigenvalue weighted by atomic mass is 9.99. The van der Waals surface area contributed by atoms with Crippen LogP contribution in [0.3, 0.4) is 0 Å². The van der Waals surface area contributed by atoms with Crippen LogP contribution in [0.4, 0.5) is 10.6 Å². The van der Waals surface area contributed by atoms with Gasteiger partial charge in [-0.3, -0.25) is 0 Å². The Labute approximate surface area is 193 Å². The summed E-state index contributed by atoms with van der Waals surface area (Å²) in [6, 6.07) is 9.98. The molecule has 0 bridgehead atoms. The molecule has 0 radical (unpaired) electrons. The minimum absolute atomic E-state index is 0.0265. The number of nitrogens with zero attached hydrogens (tertiary/aromatic N) is 5. The number of hydrogen-bond donors (Lipinski definition) is 1. The first-order chi connectivity index (χ1) is 15.4. The molecule has 1 aliphatic rings. The fourth-order valence-corrected chi connectivity index (χ4v) is 4.35. The summed E-state index contributed by atoms with van der Waals surface area (Å²) < 4.78 is 7.11. The quantitative estimate of drug-likeness (QED) is 0.625. The maximum Gasteiger partial charge on any atom is 0.319 e. The van der Waals surface area contributed by atoms with Gasteiger partial charge in [-0.2, -0.15) is 5.10 Å². The van der Waals surface area contributed by atoms with Crippen molar-refractivity contribution >= 4 is 34.5 Å².